The van der Waals surface area contributed by atoms with Crippen LogP contribution in [0.25, 0.3) is 0 Å². The average molecular weight is 292 g/mol. The van der Waals surface area contributed by atoms with E-state index in [0.717, 1.165) is 61.9 Å². The van der Waals surface area contributed by atoms with Gasteiger partial charge in [-0.05, 0) is 46.0 Å². The number of aryl methyl sites for hydroxylation is 1. The van der Waals surface area contributed by atoms with Gasteiger partial charge in [0.15, 0.2) is 0 Å². The van der Waals surface area contributed by atoms with Crippen LogP contribution in [0, 0.1) is 19.8 Å². The molecule has 0 radical (unpaired) electrons. The van der Waals surface area contributed by atoms with E-state index in [1.54, 1.807) is 0 Å². The van der Waals surface area contributed by atoms with Crippen LogP contribution >= 0.6 is 0 Å². The third kappa shape index (κ3) is 3.84. The van der Waals surface area contributed by atoms with Crippen molar-refractivity contribution in [1.82, 2.24) is 9.97 Å². The molecule has 2 heterocycles. The quantitative estimate of drug-likeness (QED) is 0.873. The van der Waals surface area contributed by atoms with Crippen molar-refractivity contribution >= 4 is 11.6 Å². The van der Waals surface area contributed by atoms with Gasteiger partial charge < -0.3 is 15.3 Å². The second-order valence-electron chi connectivity index (χ2n) is 6.06. The van der Waals surface area contributed by atoms with Crippen LogP contribution in [0.2, 0.25) is 0 Å². The molecular formula is C16H28N4O. The van der Waals surface area contributed by atoms with Crippen LogP contribution in [0.1, 0.15) is 44.5 Å². The second kappa shape index (κ2) is 7.07. The smallest absolute Gasteiger partial charge is 0.137 e. The summed E-state index contributed by atoms with van der Waals surface area (Å²) in [5, 5.41) is 13.1. The summed E-state index contributed by atoms with van der Waals surface area (Å²) in [5.74, 6) is 3.23. The minimum Gasteiger partial charge on any atom is -0.393 e. The standard InChI is InChI=1S/C16H28N4O/c1-5-8-17-15-11(2)16(19-13(4)18-15)20-9-6-14(7-10-20)12(3)21/h12,14,21H,5-10H2,1-4H3,(H,17,18,19). The Morgan fingerprint density at radius 2 is 1.95 bits per heavy atom. The molecule has 1 unspecified atom stereocenters. The van der Waals surface area contributed by atoms with E-state index < -0.39 is 0 Å². The number of rotatable bonds is 5. The zero-order valence-corrected chi connectivity index (χ0v) is 13.7. The van der Waals surface area contributed by atoms with E-state index in [2.05, 4.69) is 34.0 Å². The molecule has 118 valence electrons. The molecule has 1 atom stereocenters. The van der Waals surface area contributed by atoms with E-state index in [9.17, 15) is 5.11 Å². The van der Waals surface area contributed by atoms with Crippen LogP contribution in [0.15, 0.2) is 0 Å². The van der Waals surface area contributed by atoms with Crippen molar-refractivity contribution in [2.24, 2.45) is 5.92 Å². The summed E-state index contributed by atoms with van der Waals surface area (Å²) in [6.07, 6.45) is 2.93. The van der Waals surface area contributed by atoms with Crippen molar-refractivity contribution in [2.75, 3.05) is 29.9 Å². The molecule has 5 nitrogen and oxygen atoms in total. The summed E-state index contributed by atoms with van der Waals surface area (Å²) >= 11 is 0. The lowest BCUT2D eigenvalue weighted by atomic mass is 9.92. The highest BCUT2D eigenvalue weighted by Crippen LogP contribution is 2.28. The number of anilines is 2. The lowest BCUT2D eigenvalue weighted by Crippen LogP contribution is -2.38. The number of aliphatic hydroxyl groups is 1. The molecule has 1 aromatic rings. The maximum Gasteiger partial charge on any atom is 0.137 e. The lowest BCUT2D eigenvalue weighted by Gasteiger charge is -2.35. The first kappa shape index (κ1) is 16.0. The fraction of sp³-hybridized carbons (Fsp3) is 0.750. The molecule has 1 aliphatic heterocycles. The molecule has 0 amide bonds. The van der Waals surface area contributed by atoms with Gasteiger partial charge in [0.25, 0.3) is 0 Å². The highest BCUT2D eigenvalue weighted by atomic mass is 16.3. The third-order valence-corrected chi connectivity index (χ3v) is 4.30. The predicted molar refractivity (Wildman–Crippen MR) is 86.9 cm³/mol. The molecule has 5 heteroatoms. The van der Waals surface area contributed by atoms with Crippen molar-refractivity contribution in [2.45, 2.75) is 53.1 Å². The molecule has 0 aromatic carbocycles. The van der Waals surface area contributed by atoms with Gasteiger partial charge in [-0.2, -0.15) is 0 Å². The van der Waals surface area contributed by atoms with Crippen molar-refractivity contribution in [3.63, 3.8) is 0 Å². The molecule has 0 aliphatic carbocycles. The summed E-state index contributed by atoms with van der Waals surface area (Å²) < 4.78 is 0. The number of aliphatic hydroxyl groups excluding tert-OH is 1. The van der Waals surface area contributed by atoms with Gasteiger partial charge in [0, 0.05) is 25.2 Å². The van der Waals surface area contributed by atoms with Crippen molar-refractivity contribution in [3.05, 3.63) is 11.4 Å². The monoisotopic (exact) mass is 292 g/mol. The summed E-state index contributed by atoms with van der Waals surface area (Å²) in [6, 6.07) is 0. The zero-order valence-electron chi connectivity index (χ0n) is 13.7. The Kier molecular flexibility index (Phi) is 5.39. The Labute approximate surface area is 127 Å². The van der Waals surface area contributed by atoms with E-state index in [-0.39, 0.29) is 6.10 Å². The molecule has 0 saturated carbocycles. The van der Waals surface area contributed by atoms with Crippen molar-refractivity contribution < 1.29 is 5.11 Å². The maximum atomic E-state index is 9.72. The van der Waals surface area contributed by atoms with E-state index >= 15 is 0 Å². The number of nitrogens with one attached hydrogen (secondary N) is 1. The molecule has 0 bridgehead atoms. The highest BCUT2D eigenvalue weighted by molar-refractivity contribution is 5.58. The number of hydrogen-bond donors (Lipinski definition) is 2. The molecule has 1 fully saturated rings. The van der Waals surface area contributed by atoms with E-state index in [1.165, 1.54) is 0 Å². The van der Waals surface area contributed by atoms with Gasteiger partial charge in [-0.1, -0.05) is 6.92 Å². The molecular weight excluding hydrogens is 264 g/mol. The van der Waals surface area contributed by atoms with Crippen LogP contribution in [0.4, 0.5) is 11.6 Å². The van der Waals surface area contributed by atoms with Gasteiger partial charge in [-0.15, -0.1) is 0 Å². The van der Waals surface area contributed by atoms with Crippen LogP contribution in [-0.4, -0.2) is 40.8 Å². The van der Waals surface area contributed by atoms with Crippen LogP contribution < -0.4 is 10.2 Å². The van der Waals surface area contributed by atoms with Gasteiger partial charge in [0.1, 0.15) is 17.5 Å². The molecule has 1 saturated heterocycles. The summed E-state index contributed by atoms with van der Waals surface area (Å²) in [5.41, 5.74) is 1.13. The first-order valence-corrected chi connectivity index (χ1v) is 8.05. The number of hydrogen-bond acceptors (Lipinski definition) is 5. The van der Waals surface area contributed by atoms with E-state index in [0.29, 0.717) is 5.92 Å². The molecule has 0 spiro atoms. The Bertz CT molecular complexity index is 468. The summed E-state index contributed by atoms with van der Waals surface area (Å²) in [4.78, 5) is 11.5. The first-order chi connectivity index (χ1) is 10.0. The van der Waals surface area contributed by atoms with E-state index in [4.69, 9.17) is 0 Å². The van der Waals surface area contributed by atoms with Crippen molar-refractivity contribution in [1.29, 1.82) is 0 Å². The lowest BCUT2D eigenvalue weighted by molar-refractivity contribution is 0.109. The molecule has 2 N–H and O–H groups in total. The van der Waals surface area contributed by atoms with Crippen LogP contribution in [0.3, 0.4) is 0 Å². The molecule has 21 heavy (non-hydrogen) atoms. The Morgan fingerprint density at radius 1 is 1.29 bits per heavy atom. The molecule has 1 aromatic heterocycles. The zero-order chi connectivity index (χ0) is 15.4. The first-order valence-electron chi connectivity index (χ1n) is 8.05. The number of piperidine rings is 1. The SMILES string of the molecule is CCCNc1nc(C)nc(N2CCC(C(C)O)CC2)c1C. The Morgan fingerprint density at radius 3 is 2.52 bits per heavy atom. The van der Waals surface area contributed by atoms with E-state index in [1.807, 2.05) is 13.8 Å². The van der Waals surface area contributed by atoms with Gasteiger partial charge in [0.05, 0.1) is 6.10 Å². The van der Waals surface area contributed by atoms with Crippen LogP contribution in [-0.2, 0) is 0 Å². The Balaban J connectivity index is 2.14. The van der Waals surface area contributed by atoms with Gasteiger partial charge in [0.2, 0.25) is 0 Å². The predicted octanol–water partition coefficient (Wildman–Crippen LogP) is 2.51. The average Bonchev–Trinajstić information content (AvgIpc) is 2.48. The fourth-order valence-electron chi connectivity index (χ4n) is 2.93. The fourth-order valence-corrected chi connectivity index (χ4v) is 2.93. The van der Waals surface area contributed by atoms with Crippen molar-refractivity contribution in [3.8, 4) is 0 Å². The van der Waals surface area contributed by atoms with Gasteiger partial charge in [-0.25, -0.2) is 9.97 Å². The second-order valence-corrected chi connectivity index (χ2v) is 6.06. The van der Waals surface area contributed by atoms with Crippen LogP contribution in [0.5, 0.6) is 0 Å². The van der Waals surface area contributed by atoms with Gasteiger partial charge >= 0.3 is 0 Å². The summed E-state index contributed by atoms with van der Waals surface area (Å²) in [6.45, 7) is 10.9. The third-order valence-electron chi connectivity index (χ3n) is 4.30. The normalized spacial score (nSPS) is 17.9. The largest absolute Gasteiger partial charge is 0.393 e. The number of nitrogens with zero attached hydrogens (tertiary/aromatic N) is 3. The topological polar surface area (TPSA) is 61.3 Å². The molecule has 1 aliphatic rings. The van der Waals surface area contributed by atoms with Gasteiger partial charge in [-0.3, -0.25) is 0 Å². The number of aromatic nitrogens is 2. The molecule has 2 rings (SSSR count). The summed E-state index contributed by atoms with van der Waals surface area (Å²) in [7, 11) is 0. The minimum absolute atomic E-state index is 0.206. The minimum atomic E-state index is -0.206. The highest BCUT2D eigenvalue weighted by Gasteiger charge is 2.25. The maximum absolute atomic E-state index is 9.72. The Hall–Kier alpha value is -1.36.